The molecule has 1 N–H and O–H groups in total. The average molecular weight is 285 g/mol. The molecule has 0 radical (unpaired) electrons. The maximum atomic E-state index is 11.0. The molecule has 0 aliphatic carbocycles. The molecule has 21 heavy (non-hydrogen) atoms. The van der Waals surface area contributed by atoms with Gasteiger partial charge in [0.15, 0.2) is 0 Å². The molecule has 0 saturated heterocycles. The van der Waals surface area contributed by atoms with E-state index < -0.39 is 0 Å². The molecular formula is C17H19NO3. The molecule has 1 amide bonds. The number of para-hydroxylation sites is 1. The molecule has 2 aromatic carbocycles. The topological polar surface area (TPSA) is 47.6 Å². The van der Waals surface area contributed by atoms with E-state index in [4.69, 9.17) is 9.47 Å². The fourth-order valence-electron chi connectivity index (χ4n) is 1.92. The van der Waals surface area contributed by atoms with Gasteiger partial charge in [0.2, 0.25) is 5.91 Å². The van der Waals surface area contributed by atoms with E-state index in [1.807, 2.05) is 55.5 Å². The molecule has 4 nitrogen and oxygen atoms in total. The van der Waals surface area contributed by atoms with Crippen LogP contribution in [0.2, 0.25) is 0 Å². The first kappa shape index (κ1) is 14.9. The number of ether oxygens (including phenoxy) is 2. The number of amides is 1. The van der Waals surface area contributed by atoms with Crippen LogP contribution in [0.3, 0.4) is 0 Å². The van der Waals surface area contributed by atoms with E-state index >= 15 is 0 Å². The summed E-state index contributed by atoms with van der Waals surface area (Å²) >= 11 is 0. The second-order valence-corrected chi connectivity index (χ2v) is 4.53. The largest absolute Gasteiger partial charge is 0.493 e. The lowest BCUT2D eigenvalue weighted by Gasteiger charge is -2.11. The van der Waals surface area contributed by atoms with Crippen LogP contribution in [0.5, 0.6) is 11.5 Å². The van der Waals surface area contributed by atoms with Crippen molar-refractivity contribution in [2.45, 2.75) is 20.5 Å². The maximum absolute atomic E-state index is 11.0. The molecule has 0 saturated carbocycles. The number of benzene rings is 2. The highest BCUT2D eigenvalue weighted by Gasteiger charge is 2.03. The summed E-state index contributed by atoms with van der Waals surface area (Å²) in [5, 5.41) is 2.72. The number of anilines is 1. The highest BCUT2D eigenvalue weighted by atomic mass is 16.5. The van der Waals surface area contributed by atoms with Crippen LogP contribution < -0.4 is 14.8 Å². The average Bonchev–Trinajstić information content (AvgIpc) is 2.48. The van der Waals surface area contributed by atoms with Crippen molar-refractivity contribution in [1.29, 1.82) is 0 Å². The predicted octanol–water partition coefficient (Wildman–Crippen LogP) is 3.62. The number of carbonyl (C=O) groups is 1. The molecule has 0 unspecified atom stereocenters. The van der Waals surface area contributed by atoms with Gasteiger partial charge in [-0.15, -0.1) is 0 Å². The van der Waals surface area contributed by atoms with E-state index in [-0.39, 0.29) is 5.91 Å². The van der Waals surface area contributed by atoms with Crippen LogP contribution in [-0.2, 0) is 11.4 Å². The third-order valence-corrected chi connectivity index (χ3v) is 2.84. The molecule has 0 fully saturated rings. The Morgan fingerprint density at radius 3 is 2.43 bits per heavy atom. The van der Waals surface area contributed by atoms with Crippen molar-refractivity contribution in [3.8, 4) is 11.5 Å². The Kier molecular flexibility index (Phi) is 5.21. The van der Waals surface area contributed by atoms with Gasteiger partial charge in [-0.25, -0.2) is 0 Å². The summed E-state index contributed by atoms with van der Waals surface area (Å²) in [6.45, 7) is 4.51. The van der Waals surface area contributed by atoms with Gasteiger partial charge in [0.05, 0.1) is 6.61 Å². The Morgan fingerprint density at radius 1 is 1.05 bits per heavy atom. The first-order chi connectivity index (χ1) is 10.2. The summed E-state index contributed by atoms with van der Waals surface area (Å²) in [5.74, 6) is 1.50. The number of carbonyl (C=O) groups excluding carboxylic acids is 1. The Labute approximate surface area is 124 Å². The van der Waals surface area contributed by atoms with Crippen LogP contribution in [0, 0.1) is 0 Å². The molecule has 0 heterocycles. The van der Waals surface area contributed by atoms with Crippen LogP contribution in [0.1, 0.15) is 19.4 Å². The maximum Gasteiger partial charge on any atom is 0.221 e. The van der Waals surface area contributed by atoms with Crippen molar-refractivity contribution < 1.29 is 14.3 Å². The minimum atomic E-state index is -0.0886. The predicted molar refractivity (Wildman–Crippen MR) is 82.7 cm³/mol. The minimum absolute atomic E-state index is 0.0886. The molecule has 0 bridgehead atoms. The molecule has 4 heteroatoms. The van der Waals surface area contributed by atoms with Gasteiger partial charge in [-0.2, -0.15) is 0 Å². The second kappa shape index (κ2) is 7.33. The van der Waals surface area contributed by atoms with Crippen molar-refractivity contribution in [3.05, 3.63) is 54.1 Å². The molecule has 2 rings (SSSR count). The lowest BCUT2D eigenvalue weighted by Crippen LogP contribution is -2.05. The van der Waals surface area contributed by atoms with E-state index in [2.05, 4.69) is 5.32 Å². The molecule has 110 valence electrons. The van der Waals surface area contributed by atoms with Crippen LogP contribution in [0.4, 0.5) is 5.69 Å². The molecule has 0 spiro atoms. The summed E-state index contributed by atoms with van der Waals surface area (Å²) in [5.41, 5.74) is 1.76. The summed E-state index contributed by atoms with van der Waals surface area (Å²) < 4.78 is 11.3. The molecule has 0 aliphatic heterocycles. The summed E-state index contributed by atoms with van der Waals surface area (Å²) in [4.78, 5) is 11.0. The molecule has 0 aromatic heterocycles. The van der Waals surface area contributed by atoms with Gasteiger partial charge in [0.25, 0.3) is 0 Å². The molecular weight excluding hydrogens is 266 g/mol. The summed E-state index contributed by atoms with van der Waals surface area (Å²) in [6.07, 6.45) is 0. The smallest absolute Gasteiger partial charge is 0.221 e. The van der Waals surface area contributed by atoms with Crippen molar-refractivity contribution >= 4 is 11.6 Å². The Bertz CT molecular complexity index is 593. The van der Waals surface area contributed by atoms with E-state index in [0.717, 1.165) is 22.7 Å². The van der Waals surface area contributed by atoms with E-state index in [1.54, 1.807) is 0 Å². The zero-order valence-corrected chi connectivity index (χ0v) is 12.3. The number of hydrogen-bond donors (Lipinski definition) is 1. The van der Waals surface area contributed by atoms with Gasteiger partial charge >= 0.3 is 0 Å². The van der Waals surface area contributed by atoms with E-state index in [1.165, 1.54) is 6.92 Å². The Hall–Kier alpha value is -2.49. The number of hydrogen-bond acceptors (Lipinski definition) is 3. The third-order valence-electron chi connectivity index (χ3n) is 2.84. The fraction of sp³-hybridized carbons (Fsp3) is 0.235. The van der Waals surface area contributed by atoms with Gasteiger partial charge in [-0.05, 0) is 37.3 Å². The Balaban J connectivity index is 1.98. The molecule has 2 aromatic rings. The van der Waals surface area contributed by atoms with Gasteiger partial charge in [0, 0.05) is 18.2 Å². The summed E-state index contributed by atoms with van der Waals surface area (Å²) in [7, 11) is 0. The van der Waals surface area contributed by atoms with Gasteiger partial charge in [-0.1, -0.05) is 18.2 Å². The van der Waals surface area contributed by atoms with Crippen LogP contribution in [0.25, 0.3) is 0 Å². The normalized spacial score (nSPS) is 10.0. The van der Waals surface area contributed by atoms with Crippen LogP contribution >= 0.6 is 0 Å². The zero-order valence-electron chi connectivity index (χ0n) is 12.3. The quantitative estimate of drug-likeness (QED) is 0.881. The molecule has 0 atom stereocenters. The first-order valence-corrected chi connectivity index (χ1v) is 6.90. The van der Waals surface area contributed by atoms with Crippen molar-refractivity contribution in [1.82, 2.24) is 0 Å². The van der Waals surface area contributed by atoms with Gasteiger partial charge in [-0.3, -0.25) is 4.79 Å². The van der Waals surface area contributed by atoms with Crippen LogP contribution in [0.15, 0.2) is 48.5 Å². The van der Waals surface area contributed by atoms with E-state index in [9.17, 15) is 4.79 Å². The Morgan fingerprint density at radius 2 is 1.76 bits per heavy atom. The fourth-order valence-corrected chi connectivity index (χ4v) is 1.92. The lowest BCUT2D eigenvalue weighted by atomic mass is 10.2. The first-order valence-electron chi connectivity index (χ1n) is 6.90. The minimum Gasteiger partial charge on any atom is -0.493 e. The second-order valence-electron chi connectivity index (χ2n) is 4.53. The number of nitrogens with one attached hydrogen (secondary N) is 1. The third kappa shape index (κ3) is 4.53. The highest BCUT2D eigenvalue weighted by Crippen LogP contribution is 2.21. The lowest BCUT2D eigenvalue weighted by molar-refractivity contribution is -0.114. The van der Waals surface area contributed by atoms with Crippen molar-refractivity contribution in [2.75, 3.05) is 11.9 Å². The van der Waals surface area contributed by atoms with Gasteiger partial charge < -0.3 is 14.8 Å². The van der Waals surface area contributed by atoms with E-state index in [0.29, 0.717) is 13.2 Å². The SMILES string of the molecule is CCOc1ccccc1COc1ccc(NC(C)=O)cc1. The van der Waals surface area contributed by atoms with Crippen molar-refractivity contribution in [3.63, 3.8) is 0 Å². The van der Waals surface area contributed by atoms with Crippen LogP contribution in [-0.4, -0.2) is 12.5 Å². The molecule has 0 aliphatic rings. The standard InChI is InChI=1S/C17H19NO3/c1-3-20-17-7-5-4-6-14(17)12-21-16-10-8-15(9-11-16)18-13(2)19/h4-11H,3,12H2,1-2H3,(H,18,19). The number of rotatable bonds is 6. The highest BCUT2D eigenvalue weighted by molar-refractivity contribution is 5.88. The monoisotopic (exact) mass is 285 g/mol. The zero-order chi connectivity index (χ0) is 15.1. The summed E-state index contributed by atoms with van der Waals surface area (Å²) in [6, 6.07) is 15.1. The van der Waals surface area contributed by atoms with Gasteiger partial charge in [0.1, 0.15) is 18.1 Å². The van der Waals surface area contributed by atoms with Crippen molar-refractivity contribution in [2.24, 2.45) is 0 Å².